The largest absolute Gasteiger partial charge is 0.348 e. The van der Waals surface area contributed by atoms with Gasteiger partial charge in [-0.25, -0.2) is 9.97 Å². The van der Waals surface area contributed by atoms with E-state index in [1.165, 1.54) is 37.4 Å². The minimum Gasteiger partial charge on any atom is -0.348 e. The van der Waals surface area contributed by atoms with Gasteiger partial charge in [-0.2, -0.15) is 4.98 Å². The van der Waals surface area contributed by atoms with E-state index in [4.69, 9.17) is 0 Å². The molecule has 4 rings (SSSR count). The minimum absolute atomic E-state index is 0.0456. The molecule has 3 aromatic rings. The molecule has 0 spiro atoms. The predicted octanol–water partition coefficient (Wildman–Crippen LogP) is 4.53. The van der Waals surface area contributed by atoms with Gasteiger partial charge in [0.15, 0.2) is 10.8 Å². The zero-order valence-corrected chi connectivity index (χ0v) is 18.0. The van der Waals surface area contributed by atoms with Crippen molar-refractivity contribution in [2.45, 2.75) is 29.2 Å². The number of thiazole rings is 1. The first-order valence-corrected chi connectivity index (χ1v) is 12.2. The van der Waals surface area contributed by atoms with Crippen molar-refractivity contribution in [3.05, 3.63) is 30.6 Å². The van der Waals surface area contributed by atoms with Crippen LogP contribution in [0.15, 0.2) is 40.5 Å². The summed E-state index contributed by atoms with van der Waals surface area (Å²) in [4.78, 5) is 29.2. The van der Waals surface area contributed by atoms with E-state index >= 15 is 0 Å². The molecule has 6 nitrogen and oxygen atoms in total. The van der Waals surface area contributed by atoms with Gasteiger partial charge in [-0.3, -0.25) is 4.79 Å². The first-order chi connectivity index (χ1) is 13.7. The number of hydrogen-bond donors (Lipinski definition) is 1. The van der Waals surface area contributed by atoms with E-state index in [9.17, 15) is 4.79 Å². The van der Waals surface area contributed by atoms with Crippen LogP contribution in [0.25, 0.3) is 10.3 Å². The van der Waals surface area contributed by atoms with Gasteiger partial charge in [-0.15, -0.1) is 11.8 Å². The lowest BCUT2D eigenvalue weighted by Gasteiger charge is -2.25. The Morgan fingerprint density at radius 3 is 2.93 bits per heavy atom. The average molecular weight is 432 g/mol. The predicted molar refractivity (Wildman–Crippen MR) is 119 cm³/mol. The molecule has 0 aliphatic carbocycles. The molecule has 1 saturated heterocycles. The number of anilines is 2. The second-order valence-corrected chi connectivity index (χ2v) is 9.27. The first kappa shape index (κ1) is 19.5. The smallest absolute Gasteiger partial charge is 0.234 e. The number of benzene rings is 1. The van der Waals surface area contributed by atoms with Crippen LogP contribution in [0.1, 0.15) is 19.3 Å². The van der Waals surface area contributed by atoms with Crippen molar-refractivity contribution in [1.29, 1.82) is 0 Å². The van der Waals surface area contributed by atoms with Gasteiger partial charge < -0.3 is 10.2 Å². The molecular weight excluding hydrogens is 410 g/mol. The maximum Gasteiger partial charge on any atom is 0.234 e. The summed E-state index contributed by atoms with van der Waals surface area (Å²) in [7, 11) is 0. The fraction of sp³-hybridized carbons (Fsp3) is 0.368. The molecule has 0 bridgehead atoms. The second-order valence-electron chi connectivity index (χ2n) is 6.44. The number of rotatable bonds is 6. The molecule has 1 aromatic carbocycles. The summed E-state index contributed by atoms with van der Waals surface area (Å²) in [5.41, 5.74) is 1.53. The monoisotopic (exact) mass is 431 g/mol. The van der Waals surface area contributed by atoms with Crippen molar-refractivity contribution in [3.8, 4) is 0 Å². The third kappa shape index (κ3) is 4.59. The quantitative estimate of drug-likeness (QED) is 0.454. The van der Waals surface area contributed by atoms with Crippen molar-refractivity contribution < 1.29 is 4.79 Å². The van der Waals surface area contributed by atoms with Crippen LogP contribution in [0, 0.1) is 0 Å². The van der Waals surface area contributed by atoms with Gasteiger partial charge in [0.2, 0.25) is 5.91 Å². The highest BCUT2D eigenvalue weighted by molar-refractivity contribution is 8.00. The number of amides is 1. The third-order valence-corrected chi connectivity index (χ3v) is 7.42. The molecule has 3 heterocycles. The number of nitrogens with zero attached hydrogens (tertiary/aromatic N) is 4. The number of carbonyl (C=O) groups is 1. The Balaban J connectivity index is 1.43. The SMILES string of the molecule is CSc1cccc(NC(=O)CSc2ncnc3nc(N4CCCCC4)sc23)c1. The van der Waals surface area contributed by atoms with Crippen LogP contribution in [-0.2, 0) is 4.79 Å². The standard InChI is InChI=1S/C19H21N5OS3/c1-26-14-7-5-6-13(10-14)22-15(25)11-27-18-16-17(20-12-21-18)23-19(28-16)24-8-3-2-4-9-24/h5-7,10,12H,2-4,8-9,11H2,1H3,(H,22,25). The number of aromatic nitrogens is 3. The van der Waals surface area contributed by atoms with Crippen LogP contribution in [0.3, 0.4) is 0 Å². The molecular formula is C19H21N5OS3. The molecule has 146 valence electrons. The Morgan fingerprint density at radius 2 is 2.11 bits per heavy atom. The van der Waals surface area contributed by atoms with Gasteiger partial charge in [0, 0.05) is 23.7 Å². The van der Waals surface area contributed by atoms with Crippen molar-refractivity contribution in [2.75, 3.05) is 35.3 Å². The molecule has 28 heavy (non-hydrogen) atoms. The van der Waals surface area contributed by atoms with Crippen LogP contribution >= 0.6 is 34.9 Å². The Bertz CT molecular complexity index is 971. The minimum atomic E-state index is -0.0456. The topological polar surface area (TPSA) is 71.0 Å². The molecule has 9 heteroatoms. The van der Waals surface area contributed by atoms with E-state index in [0.29, 0.717) is 5.75 Å². The summed E-state index contributed by atoms with van der Waals surface area (Å²) in [5.74, 6) is 0.253. The molecule has 0 saturated carbocycles. The Hall–Kier alpha value is -1.84. The van der Waals surface area contributed by atoms with E-state index in [-0.39, 0.29) is 5.91 Å². The van der Waals surface area contributed by atoms with Crippen LogP contribution in [0.4, 0.5) is 10.8 Å². The van der Waals surface area contributed by atoms with E-state index in [2.05, 4.69) is 25.2 Å². The van der Waals surface area contributed by atoms with Crippen LogP contribution in [0.5, 0.6) is 0 Å². The Morgan fingerprint density at radius 1 is 1.25 bits per heavy atom. The van der Waals surface area contributed by atoms with Crippen molar-refractivity contribution in [2.24, 2.45) is 0 Å². The summed E-state index contributed by atoms with van der Waals surface area (Å²) < 4.78 is 0.963. The molecule has 1 aliphatic rings. The average Bonchev–Trinajstić information content (AvgIpc) is 3.18. The number of piperidine rings is 1. The van der Waals surface area contributed by atoms with Gasteiger partial charge >= 0.3 is 0 Å². The number of hydrogen-bond acceptors (Lipinski definition) is 8. The molecule has 1 aliphatic heterocycles. The number of fused-ring (bicyclic) bond motifs is 1. The Labute approximate surface area is 176 Å². The van der Waals surface area contributed by atoms with Gasteiger partial charge in [0.05, 0.1) is 5.75 Å². The molecule has 1 amide bonds. The van der Waals surface area contributed by atoms with Crippen LogP contribution in [-0.4, -0.2) is 46.0 Å². The summed E-state index contributed by atoms with van der Waals surface area (Å²) >= 11 is 4.71. The zero-order chi connectivity index (χ0) is 19.3. The normalized spacial score (nSPS) is 14.4. The maximum atomic E-state index is 12.4. The van der Waals surface area contributed by atoms with Crippen molar-refractivity contribution in [1.82, 2.24) is 15.0 Å². The van der Waals surface area contributed by atoms with Crippen molar-refractivity contribution >= 4 is 61.9 Å². The van der Waals surface area contributed by atoms with Gasteiger partial charge in [0.1, 0.15) is 16.1 Å². The highest BCUT2D eigenvalue weighted by Crippen LogP contribution is 2.34. The Kier molecular flexibility index (Phi) is 6.33. The first-order valence-electron chi connectivity index (χ1n) is 9.16. The molecule has 0 radical (unpaired) electrons. The lowest BCUT2D eigenvalue weighted by Crippen LogP contribution is -2.29. The van der Waals surface area contributed by atoms with Crippen molar-refractivity contribution in [3.63, 3.8) is 0 Å². The van der Waals surface area contributed by atoms with Crippen LogP contribution < -0.4 is 10.2 Å². The second kappa shape index (κ2) is 9.11. The van der Waals surface area contributed by atoms with E-state index < -0.39 is 0 Å². The highest BCUT2D eigenvalue weighted by atomic mass is 32.2. The summed E-state index contributed by atoms with van der Waals surface area (Å²) in [6, 6.07) is 7.85. The van der Waals surface area contributed by atoms with Gasteiger partial charge in [-0.1, -0.05) is 29.2 Å². The zero-order valence-electron chi connectivity index (χ0n) is 15.6. The van der Waals surface area contributed by atoms with Gasteiger partial charge in [0.25, 0.3) is 0 Å². The third-order valence-electron chi connectivity index (χ3n) is 4.47. The lowest BCUT2D eigenvalue weighted by atomic mass is 10.1. The lowest BCUT2D eigenvalue weighted by molar-refractivity contribution is -0.113. The molecule has 1 N–H and O–H groups in total. The molecule has 1 fully saturated rings. The molecule has 0 atom stereocenters. The molecule has 0 unspecified atom stereocenters. The summed E-state index contributed by atoms with van der Waals surface area (Å²) in [6.07, 6.45) is 7.26. The number of thioether (sulfide) groups is 2. The van der Waals surface area contributed by atoms with E-state index in [1.807, 2.05) is 30.5 Å². The summed E-state index contributed by atoms with van der Waals surface area (Å²) in [6.45, 7) is 2.10. The fourth-order valence-corrected chi connectivity index (χ4v) is 5.48. The molecule has 2 aromatic heterocycles. The van der Waals surface area contributed by atoms with E-state index in [0.717, 1.165) is 44.2 Å². The maximum absolute atomic E-state index is 12.4. The van der Waals surface area contributed by atoms with Crippen LogP contribution in [0.2, 0.25) is 0 Å². The number of nitrogens with one attached hydrogen (secondary N) is 1. The number of carbonyl (C=O) groups excluding carboxylic acids is 1. The highest BCUT2D eigenvalue weighted by Gasteiger charge is 2.18. The van der Waals surface area contributed by atoms with E-state index in [1.54, 1.807) is 23.1 Å². The fourth-order valence-electron chi connectivity index (χ4n) is 3.08. The van der Waals surface area contributed by atoms with Gasteiger partial charge in [-0.05, 0) is 43.7 Å². The summed E-state index contributed by atoms with van der Waals surface area (Å²) in [5, 5.41) is 4.78.